The van der Waals surface area contributed by atoms with Crippen LogP contribution in [0, 0.1) is 5.92 Å². The normalized spacial score (nSPS) is 15.2. The Balaban J connectivity index is 1.64. The van der Waals surface area contributed by atoms with Crippen LogP contribution >= 0.6 is 0 Å². The molecule has 5 heteroatoms. The molecule has 0 atom stereocenters. The van der Waals surface area contributed by atoms with E-state index in [1.165, 1.54) is 31.8 Å². The third-order valence-electron chi connectivity index (χ3n) is 4.73. The molecule has 1 aromatic carbocycles. The van der Waals surface area contributed by atoms with Crippen LogP contribution in [0.5, 0.6) is 0 Å². The van der Waals surface area contributed by atoms with Crippen molar-refractivity contribution in [2.24, 2.45) is 5.92 Å². The van der Waals surface area contributed by atoms with Gasteiger partial charge >= 0.3 is 5.97 Å². The highest BCUT2D eigenvalue weighted by Gasteiger charge is 2.18. The van der Waals surface area contributed by atoms with Gasteiger partial charge in [0.25, 0.3) is 0 Å². The Kier molecular flexibility index (Phi) is 5.89. The molecule has 1 saturated carbocycles. The van der Waals surface area contributed by atoms with Crippen molar-refractivity contribution in [3.63, 3.8) is 0 Å². The smallest absolute Gasteiger partial charge is 0.352 e. The third kappa shape index (κ3) is 4.85. The lowest BCUT2D eigenvalue weighted by atomic mass is 10.0. The standard InChI is InChI=1S/C21H23NO4/c23-20(13-10-15-6-4-5-7-15)22-18(21(24)25)14-17-11-12-19(26-17)16-8-2-1-3-9-16/h1-3,8-9,11-12,14-15H,4-7,10,13H2,(H,22,23)(H,24,25)/b18-14-. The van der Waals surface area contributed by atoms with Gasteiger partial charge < -0.3 is 14.8 Å². The molecule has 0 spiro atoms. The number of amides is 1. The number of nitrogens with one attached hydrogen (secondary N) is 1. The summed E-state index contributed by atoms with van der Waals surface area (Å²) in [5.74, 6) is 0.181. The Morgan fingerprint density at radius 2 is 1.85 bits per heavy atom. The molecule has 1 amide bonds. The monoisotopic (exact) mass is 353 g/mol. The van der Waals surface area contributed by atoms with E-state index in [1.54, 1.807) is 12.1 Å². The van der Waals surface area contributed by atoms with Crippen molar-refractivity contribution in [3.8, 4) is 11.3 Å². The van der Waals surface area contributed by atoms with Crippen molar-refractivity contribution in [3.05, 3.63) is 53.9 Å². The predicted molar refractivity (Wildman–Crippen MR) is 99.1 cm³/mol. The summed E-state index contributed by atoms with van der Waals surface area (Å²) in [4.78, 5) is 23.5. The lowest BCUT2D eigenvalue weighted by molar-refractivity contribution is -0.134. The summed E-state index contributed by atoms with van der Waals surface area (Å²) in [6.07, 6.45) is 7.32. The molecule has 2 aromatic rings. The Bertz CT molecular complexity index is 785. The summed E-state index contributed by atoms with van der Waals surface area (Å²) >= 11 is 0. The molecule has 1 fully saturated rings. The van der Waals surface area contributed by atoms with Crippen LogP contribution in [0.2, 0.25) is 0 Å². The molecule has 1 aromatic heterocycles. The number of carbonyl (C=O) groups is 2. The molecule has 0 aliphatic heterocycles. The van der Waals surface area contributed by atoms with Gasteiger partial charge in [0.05, 0.1) is 0 Å². The van der Waals surface area contributed by atoms with E-state index < -0.39 is 5.97 Å². The van der Waals surface area contributed by atoms with Gasteiger partial charge in [-0.2, -0.15) is 0 Å². The topological polar surface area (TPSA) is 79.5 Å². The van der Waals surface area contributed by atoms with Crippen molar-refractivity contribution in [1.82, 2.24) is 5.32 Å². The van der Waals surface area contributed by atoms with E-state index in [1.807, 2.05) is 30.3 Å². The first-order valence-corrected chi connectivity index (χ1v) is 9.02. The second-order valence-corrected chi connectivity index (χ2v) is 6.67. The van der Waals surface area contributed by atoms with Crippen LogP contribution in [0.3, 0.4) is 0 Å². The SMILES string of the molecule is O=C(CCC1CCCC1)N/C(=C\c1ccc(-c2ccccc2)o1)C(=O)O. The van der Waals surface area contributed by atoms with Crippen LogP contribution in [0.1, 0.15) is 44.3 Å². The van der Waals surface area contributed by atoms with Gasteiger partial charge in [0, 0.05) is 18.1 Å². The largest absolute Gasteiger partial charge is 0.477 e. The van der Waals surface area contributed by atoms with Gasteiger partial charge in [-0.3, -0.25) is 4.79 Å². The van der Waals surface area contributed by atoms with Crippen LogP contribution in [-0.2, 0) is 9.59 Å². The van der Waals surface area contributed by atoms with Crippen LogP contribution < -0.4 is 5.32 Å². The van der Waals surface area contributed by atoms with E-state index in [2.05, 4.69) is 5.32 Å². The highest BCUT2D eigenvalue weighted by molar-refractivity contribution is 5.96. The molecule has 3 rings (SSSR count). The third-order valence-corrected chi connectivity index (χ3v) is 4.73. The van der Waals surface area contributed by atoms with E-state index in [0.717, 1.165) is 12.0 Å². The first kappa shape index (κ1) is 18.0. The average Bonchev–Trinajstić information content (AvgIpc) is 3.32. The zero-order valence-corrected chi connectivity index (χ0v) is 14.6. The summed E-state index contributed by atoms with van der Waals surface area (Å²) < 4.78 is 5.68. The summed E-state index contributed by atoms with van der Waals surface area (Å²) in [7, 11) is 0. The minimum atomic E-state index is -1.18. The number of benzene rings is 1. The van der Waals surface area contributed by atoms with Crippen molar-refractivity contribution in [2.75, 3.05) is 0 Å². The van der Waals surface area contributed by atoms with Gasteiger partial charge in [0.15, 0.2) is 0 Å². The Labute approximate surface area is 152 Å². The highest BCUT2D eigenvalue weighted by atomic mass is 16.4. The van der Waals surface area contributed by atoms with E-state index in [-0.39, 0.29) is 11.6 Å². The van der Waals surface area contributed by atoms with Crippen molar-refractivity contribution >= 4 is 18.0 Å². The second-order valence-electron chi connectivity index (χ2n) is 6.67. The fourth-order valence-corrected chi connectivity index (χ4v) is 3.33. The van der Waals surface area contributed by atoms with E-state index >= 15 is 0 Å². The average molecular weight is 353 g/mol. The van der Waals surface area contributed by atoms with Crippen LogP contribution in [0.25, 0.3) is 17.4 Å². The minimum Gasteiger partial charge on any atom is -0.477 e. The number of aliphatic carboxylic acids is 1. The zero-order valence-electron chi connectivity index (χ0n) is 14.6. The van der Waals surface area contributed by atoms with Gasteiger partial charge in [0.2, 0.25) is 5.91 Å². The van der Waals surface area contributed by atoms with Gasteiger partial charge in [-0.25, -0.2) is 4.79 Å². The molecule has 0 unspecified atom stereocenters. The van der Waals surface area contributed by atoms with E-state index in [9.17, 15) is 14.7 Å². The molecule has 136 valence electrons. The zero-order chi connectivity index (χ0) is 18.4. The molecular formula is C21H23NO4. The highest BCUT2D eigenvalue weighted by Crippen LogP contribution is 2.28. The van der Waals surface area contributed by atoms with Gasteiger partial charge in [-0.1, -0.05) is 56.0 Å². The number of carbonyl (C=O) groups excluding carboxylic acids is 1. The fraction of sp³-hybridized carbons (Fsp3) is 0.333. The Morgan fingerprint density at radius 3 is 2.54 bits per heavy atom. The first-order chi connectivity index (χ1) is 12.6. The second kappa shape index (κ2) is 8.52. The molecular weight excluding hydrogens is 330 g/mol. The minimum absolute atomic E-state index is 0.171. The van der Waals surface area contributed by atoms with Gasteiger partial charge in [-0.05, 0) is 24.5 Å². The van der Waals surface area contributed by atoms with Crippen LogP contribution in [0.15, 0.2) is 52.6 Å². The molecule has 5 nitrogen and oxygen atoms in total. The maximum absolute atomic E-state index is 12.1. The number of furan rings is 1. The quantitative estimate of drug-likeness (QED) is 0.720. The summed E-state index contributed by atoms with van der Waals surface area (Å²) in [6.45, 7) is 0. The summed E-state index contributed by atoms with van der Waals surface area (Å²) in [5, 5.41) is 11.9. The molecule has 1 aliphatic rings. The Hall–Kier alpha value is -2.82. The molecule has 1 heterocycles. The van der Waals surface area contributed by atoms with E-state index in [4.69, 9.17) is 4.42 Å². The van der Waals surface area contributed by atoms with Crippen molar-refractivity contribution < 1.29 is 19.1 Å². The van der Waals surface area contributed by atoms with Gasteiger partial charge in [0.1, 0.15) is 17.2 Å². The lowest BCUT2D eigenvalue weighted by Gasteiger charge is -2.09. The number of carboxylic acids is 1. The molecule has 0 bridgehead atoms. The maximum atomic E-state index is 12.1. The number of hydrogen-bond donors (Lipinski definition) is 2. The summed E-state index contributed by atoms with van der Waals surface area (Å²) in [6, 6.07) is 13.0. The summed E-state index contributed by atoms with van der Waals surface area (Å²) in [5.41, 5.74) is 0.736. The van der Waals surface area contributed by atoms with Gasteiger partial charge in [-0.15, -0.1) is 0 Å². The number of carboxylic acid groups (broad SMARTS) is 1. The van der Waals surface area contributed by atoms with Crippen LogP contribution in [-0.4, -0.2) is 17.0 Å². The lowest BCUT2D eigenvalue weighted by Crippen LogP contribution is -2.27. The molecule has 26 heavy (non-hydrogen) atoms. The molecule has 1 aliphatic carbocycles. The number of rotatable bonds is 7. The maximum Gasteiger partial charge on any atom is 0.352 e. The van der Waals surface area contributed by atoms with E-state index in [0.29, 0.717) is 23.9 Å². The first-order valence-electron chi connectivity index (χ1n) is 9.02. The molecule has 0 radical (unpaired) electrons. The van der Waals surface area contributed by atoms with Crippen LogP contribution in [0.4, 0.5) is 0 Å². The number of hydrogen-bond acceptors (Lipinski definition) is 3. The fourth-order valence-electron chi connectivity index (χ4n) is 3.33. The van der Waals surface area contributed by atoms with Crippen molar-refractivity contribution in [1.29, 1.82) is 0 Å². The molecule has 0 saturated heterocycles. The molecule has 2 N–H and O–H groups in total. The Morgan fingerprint density at radius 1 is 1.12 bits per heavy atom. The van der Waals surface area contributed by atoms with Crippen molar-refractivity contribution in [2.45, 2.75) is 38.5 Å². The predicted octanol–water partition coefficient (Wildman–Crippen LogP) is 4.46.